The fourth-order valence-corrected chi connectivity index (χ4v) is 3.37. The summed E-state index contributed by atoms with van der Waals surface area (Å²) in [5, 5.41) is 0.917. The second kappa shape index (κ2) is 7.53. The lowest BCUT2D eigenvalue weighted by atomic mass is 10.1. The van der Waals surface area contributed by atoms with Gasteiger partial charge in [0, 0.05) is 17.0 Å². The van der Waals surface area contributed by atoms with Crippen molar-refractivity contribution in [3.05, 3.63) is 59.7 Å². The number of rotatable bonds is 5. The topological polar surface area (TPSA) is 41.9 Å². The van der Waals surface area contributed by atoms with Crippen molar-refractivity contribution in [1.29, 1.82) is 0 Å². The maximum absolute atomic E-state index is 12.7. The molecule has 1 aliphatic heterocycles. The molecule has 2 aromatic carbocycles. The molecule has 0 bridgehead atoms. The molecule has 0 fully saturated rings. The van der Waals surface area contributed by atoms with Crippen LogP contribution in [0.5, 0.6) is 5.75 Å². The molecular formula is C19H20N2O2S. The molecule has 2 aromatic rings. The third-order valence-corrected chi connectivity index (χ3v) is 4.85. The minimum Gasteiger partial charge on any atom is -0.497 e. The van der Waals surface area contributed by atoms with Crippen molar-refractivity contribution in [3.8, 4) is 5.75 Å². The van der Waals surface area contributed by atoms with Crippen molar-refractivity contribution in [3.63, 3.8) is 0 Å². The molecular weight excluding hydrogens is 320 g/mol. The van der Waals surface area contributed by atoms with Crippen LogP contribution in [0.3, 0.4) is 0 Å². The number of nitrogens with zero attached hydrogens (tertiary/aromatic N) is 2. The van der Waals surface area contributed by atoms with Gasteiger partial charge in [-0.15, -0.1) is 0 Å². The highest BCUT2D eigenvalue weighted by Gasteiger charge is 2.21. The number of hydrogen-bond donors (Lipinski definition) is 0. The van der Waals surface area contributed by atoms with E-state index in [2.05, 4.69) is 24.0 Å². The van der Waals surface area contributed by atoms with Gasteiger partial charge in [-0.25, -0.2) is 0 Å². The predicted molar refractivity (Wildman–Crippen MR) is 101 cm³/mol. The summed E-state index contributed by atoms with van der Waals surface area (Å²) in [6.07, 6.45) is 0. The number of aryl methyl sites for hydroxylation is 1. The lowest BCUT2D eigenvalue weighted by molar-refractivity contribution is 0.100. The van der Waals surface area contributed by atoms with Crippen molar-refractivity contribution in [2.24, 2.45) is 4.99 Å². The number of carbonyl (C=O) groups is 1. The monoisotopic (exact) mass is 340 g/mol. The Balaban J connectivity index is 1.82. The van der Waals surface area contributed by atoms with E-state index in [1.165, 1.54) is 5.56 Å². The molecule has 124 valence electrons. The van der Waals surface area contributed by atoms with Gasteiger partial charge in [0.25, 0.3) is 0 Å². The van der Waals surface area contributed by atoms with Gasteiger partial charge in [0.2, 0.25) is 0 Å². The van der Waals surface area contributed by atoms with Crippen LogP contribution in [-0.4, -0.2) is 36.9 Å². The first-order valence-corrected chi connectivity index (χ1v) is 8.84. The molecule has 5 heteroatoms. The summed E-state index contributed by atoms with van der Waals surface area (Å²) in [4.78, 5) is 19.3. The van der Waals surface area contributed by atoms with Crippen LogP contribution in [0.2, 0.25) is 0 Å². The molecule has 0 saturated heterocycles. The van der Waals surface area contributed by atoms with E-state index in [1.54, 1.807) is 31.0 Å². The highest BCUT2D eigenvalue weighted by molar-refractivity contribution is 8.14. The first kappa shape index (κ1) is 16.6. The summed E-state index contributed by atoms with van der Waals surface area (Å²) in [5.41, 5.74) is 2.87. The van der Waals surface area contributed by atoms with E-state index < -0.39 is 0 Å². The van der Waals surface area contributed by atoms with Gasteiger partial charge in [0.1, 0.15) is 5.75 Å². The van der Waals surface area contributed by atoms with Crippen molar-refractivity contribution >= 4 is 28.4 Å². The third-order valence-electron chi connectivity index (χ3n) is 3.86. The van der Waals surface area contributed by atoms with Gasteiger partial charge in [-0.1, -0.05) is 29.5 Å². The Morgan fingerprint density at radius 1 is 1.17 bits per heavy atom. The Bertz CT molecular complexity index is 739. The molecule has 3 rings (SSSR count). The largest absolute Gasteiger partial charge is 0.497 e. The fourth-order valence-electron chi connectivity index (χ4n) is 2.49. The molecule has 0 atom stereocenters. The van der Waals surface area contributed by atoms with Gasteiger partial charge in [0.05, 0.1) is 20.2 Å². The zero-order valence-electron chi connectivity index (χ0n) is 13.9. The van der Waals surface area contributed by atoms with Crippen molar-refractivity contribution in [2.45, 2.75) is 6.92 Å². The van der Waals surface area contributed by atoms with Gasteiger partial charge in [0.15, 0.2) is 11.0 Å². The number of hydrogen-bond acceptors (Lipinski definition) is 5. The molecule has 1 heterocycles. The van der Waals surface area contributed by atoms with Crippen LogP contribution in [0.15, 0.2) is 53.5 Å². The maximum Gasteiger partial charge on any atom is 0.182 e. The summed E-state index contributed by atoms with van der Waals surface area (Å²) >= 11 is 1.70. The van der Waals surface area contributed by atoms with Crippen LogP contribution in [-0.2, 0) is 0 Å². The van der Waals surface area contributed by atoms with Crippen LogP contribution < -0.4 is 9.64 Å². The Morgan fingerprint density at radius 2 is 1.88 bits per heavy atom. The summed E-state index contributed by atoms with van der Waals surface area (Å²) in [6.45, 7) is 3.14. The molecule has 4 nitrogen and oxygen atoms in total. The van der Waals surface area contributed by atoms with Crippen LogP contribution in [0.25, 0.3) is 0 Å². The number of aliphatic imine (C=N–C) groups is 1. The Kier molecular flexibility index (Phi) is 5.20. The van der Waals surface area contributed by atoms with Gasteiger partial charge in [-0.05, 0) is 43.3 Å². The second-order valence-electron chi connectivity index (χ2n) is 5.59. The molecule has 0 amide bonds. The molecule has 0 radical (unpaired) electrons. The minimum absolute atomic E-state index is 0.0634. The zero-order chi connectivity index (χ0) is 16.9. The highest BCUT2D eigenvalue weighted by Crippen LogP contribution is 2.24. The molecule has 0 saturated carbocycles. The predicted octanol–water partition coefficient (Wildman–Crippen LogP) is 3.80. The van der Waals surface area contributed by atoms with E-state index in [4.69, 9.17) is 4.74 Å². The molecule has 0 unspecified atom stereocenters. The Morgan fingerprint density at radius 3 is 2.46 bits per heavy atom. The van der Waals surface area contributed by atoms with Crippen molar-refractivity contribution in [1.82, 2.24) is 0 Å². The standard InChI is InChI=1S/C19H20N2O2S/c1-14-3-7-16(8-4-14)21(19-20-11-12-24-19)13-18(22)15-5-9-17(23-2)10-6-15/h3-10H,11-13H2,1-2H3. The van der Waals surface area contributed by atoms with Gasteiger partial charge in [-0.3, -0.25) is 9.79 Å². The summed E-state index contributed by atoms with van der Waals surface area (Å²) in [5.74, 6) is 1.78. The first-order chi connectivity index (χ1) is 11.7. The Labute approximate surface area is 146 Å². The number of thioether (sulfide) groups is 1. The van der Waals surface area contributed by atoms with Gasteiger partial charge in [-0.2, -0.15) is 0 Å². The average Bonchev–Trinajstić information content (AvgIpc) is 3.15. The number of carbonyl (C=O) groups excluding carboxylic acids is 1. The van der Waals surface area contributed by atoms with Crippen molar-refractivity contribution in [2.75, 3.05) is 30.9 Å². The molecule has 0 aromatic heterocycles. The molecule has 0 N–H and O–H groups in total. The number of Topliss-reactive ketones (excluding diaryl/α,β-unsaturated/α-hetero) is 1. The summed E-state index contributed by atoms with van der Waals surface area (Å²) < 4.78 is 5.15. The van der Waals surface area contributed by atoms with E-state index >= 15 is 0 Å². The van der Waals surface area contributed by atoms with E-state index in [0.717, 1.165) is 28.9 Å². The smallest absolute Gasteiger partial charge is 0.182 e. The van der Waals surface area contributed by atoms with Crippen LogP contribution >= 0.6 is 11.8 Å². The SMILES string of the molecule is COc1ccc(C(=O)CN(C2=NCCS2)c2ccc(C)cc2)cc1. The van der Waals surface area contributed by atoms with Crippen LogP contribution in [0.1, 0.15) is 15.9 Å². The van der Waals surface area contributed by atoms with Gasteiger partial charge < -0.3 is 9.64 Å². The number of benzene rings is 2. The number of methoxy groups -OCH3 is 1. The number of anilines is 1. The quantitative estimate of drug-likeness (QED) is 0.777. The molecule has 0 aliphatic carbocycles. The fraction of sp³-hybridized carbons (Fsp3) is 0.263. The summed E-state index contributed by atoms with van der Waals surface area (Å²) in [6, 6.07) is 15.4. The van der Waals surface area contributed by atoms with Crippen molar-refractivity contribution < 1.29 is 9.53 Å². The van der Waals surface area contributed by atoms with E-state index in [0.29, 0.717) is 5.56 Å². The van der Waals surface area contributed by atoms with Crippen LogP contribution in [0, 0.1) is 6.92 Å². The molecule has 24 heavy (non-hydrogen) atoms. The lowest BCUT2D eigenvalue weighted by Crippen LogP contribution is -2.33. The normalized spacial score (nSPS) is 13.5. The number of amidine groups is 1. The Hall–Kier alpha value is -2.27. The second-order valence-corrected chi connectivity index (χ2v) is 6.65. The zero-order valence-corrected chi connectivity index (χ0v) is 14.7. The van der Waals surface area contributed by atoms with E-state index in [9.17, 15) is 4.79 Å². The molecule has 0 spiro atoms. The first-order valence-electron chi connectivity index (χ1n) is 7.86. The summed E-state index contributed by atoms with van der Waals surface area (Å²) in [7, 11) is 1.62. The molecule has 1 aliphatic rings. The lowest BCUT2D eigenvalue weighted by Gasteiger charge is -2.23. The minimum atomic E-state index is 0.0634. The van der Waals surface area contributed by atoms with Crippen LogP contribution in [0.4, 0.5) is 5.69 Å². The van der Waals surface area contributed by atoms with E-state index in [1.807, 2.05) is 29.2 Å². The third kappa shape index (κ3) is 3.79. The van der Waals surface area contributed by atoms with Gasteiger partial charge >= 0.3 is 0 Å². The number of ketones is 1. The average molecular weight is 340 g/mol. The maximum atomic E-state index is 12.7. The number of ether oxygens (including phenoxy) is 1. The van der Waals surface area contributed by atoms with E-state index in [-0.39, 0.29) is 12.3 Å². The highest BCUT2D eigenvalue weighted by atomic mass is 32.2.